The molecule has 0 aliphatic carbocycles. The summed E-state index contributed by atoms with van der Waals surface area (Å²) in [6, 6.07) is 6.06. The van der Waals surface area contributed by atoms with Crippen molar-refractivity contribution < 1.29 is 9.18 Å². The van der Waals surface area contributed by atoms with Crippen molar-refractivity contribution in [2.24, 2.45) is 0 Å². The zero-order valence-corrected chi connectivity index (χ0v) is 8.84. The van der Waals surface area contributed by atoms with Gasteiger partial charge in [0.15, 0.2) is 0 Å². The molecule has 0 aliphatic rings. The molecule has 0 bridgehead atoms. The Hall–Kier alpha value is -1.55. The third-order valence-corrected chi connectivity index (χ3v) is 2.60. The molecule has 0 saturated heterocycles. The fourth-order valence-electron chi connectivity index (χ4n) is 1.28. The van der Waals surface area contributed by atoms with Gasteiger partial charge in [0.1, 0.15) is 11.5 Å². The molecule has 4 heteroatoms. The van der Waals surface area contributed by atoms with Gasteiger partial charge in [0.05, 0.1) is 5.56 Å². The second-order valence-corrected chi connectivity index (χ2v) is 3.86. The number of aromatic nitrogens is 1. The number of hydrogen-bond acceptors (Lipinski definition) is 3. The van der Waals surface area contributed by atoms with Gasteiger partial charge in [-0.2, -0.15) is 4.37 Å². The van der Waals surface area contributed by atoms with Crippen LogP contribution in [0.4, 0.5) is 4.39 Å². The van der Waals surface area contributed by atoms with Gasteiger partial charge >= 0.3 is 0 Å². The van der Waals surface area contributed by atoms with E-state index >= 15 is 0 Å². The van der Waals surface area contributed by atoms with Crippen molar-refractivity contribution in [2.45, 2.75) is 6.92 Å². The van der Waals surface area contributed by atoms with Crippen LogP contribution in [0.1, 0.15) is 21.6 Å². The first-order chi connectivity index (χ1) is 7.18. The van der Waals surface area contributed by atoms with E-state index in [0.717, 1.165) is 5.56 Å². The molecule has 1 aromatic carbocycles. The Kier molecular flexibility index (Phi) is 2.60. The summed E-state index contributed by atoms with van der Waals surface area (Å²) in [4.78, 5) is 11.8. The minimum Gasteiger partial charge on any atom is -0.287 e. The average Bonchev–Trinajstić information content (AvgIpc) is 2.74. The molecule has 0 spiro atoms. The van der Waals surface area contributed by atoms with Gasteiger partial charge in [-0.05, 0) is 36.7 Å². The summed E-state index contributed by atoms with van der Waals surface area (Å²) in [6.45, 7) is 1.82. The molecule has 2 aromatic rings. The Morgan fingerprint density at radius 1 is 1.40 bits per heavy atom. The summed E-state index contributed by atoms with van der Waals surface area (Å²) in [6.07, 6.45) is 0. The summed E-state index contributed by atoms with van der Waals surface area (Å²) in [5, 5.41) is 1.70. The van der Waals surface area contributed by atoms with Crippen molar-refractivity contribution in [3.05, 3.63) is 52.3 Å². The van der Waals surface area contributed by atoms with Crippen molar-refractivity contribution >= 4 is 17.3 Å². The van der Waals surface area contributed by atoms with Gasteiger partial charge in [-0.15, -0.1) is 0 Å². The molecule has 2 nitrogen and oxygen atoms in total. The Bertz CT molecular complexity index is 493. The number of carbonyl (C=O) groups excluding carboxylic acids is 1. The molecule has 0 unspecified atom stereocenters. The smallest absolute Gasteiger partial charge is 0.215 e. The van der Waals surface area contributed by atoms with Gasteiger partial charge < -0.3 is 0 Å². The standard InChI is InChI=1S/C11H8FNOS/c1-7-2-3-9(12)8(6-7)11(14)10-4-5-15-13-10/h2-6H,1H3. The van der Waals surface area contributed by atoms with Crippen LogP contribution in [0.15, 0.2) is 29.6 Å². The highest BCUT2D eigenvalue weighted by molar-refractivity contribution is 7.03. The summed E-state index contributed by atoms with van der Waals surface area (Å²) in [5.41, 5.74) is 1.24. The zero-order valence-electron chi connectivity index (χ0n) is 8.03. The Balaban J connectivity index is 2.46. The lowest BCUT2D eigenvalue weighted by atomic mass is 10.1. The van der Waals surface area contributed by atoms with E-state index in [0.29, 0.717) is 5.69 Å². The monoisotopic (exact) mass is 221 g/mol. The number of nitrogens with zero attached hydrogens (tertiary/aromatic N) is 1. The maximum absolute atomic E-state index is 13.4. The summed E-state index contributed by atoms with van der Waals surface area (Å²) >= 11 is 1.18. The number of rotatable bonds is 2. The highest BCUT2D eigenvalue weighted by Crippen LogP contribution is 2.15. The van der Waals surface area contributed by atoms with E-state index < -0.39 is 5.82 Å². The van der Waals surface area contributed by atoms with E-state index in [9.17, 15) is 9.18 Å². The van der Waals surface area contributed by atoms with E-state index in [2.05, 4.69) is 4.37 Å². The van der Waals surface area contributed by atoms with E-state index in [1.54, 1.807) is 17.5 Å². The van der Waals surface area contributed by atoms with Gasteiger partial charge in [0.2, 0.25) is 5.78 Å². The van der Waals surface area contributed by atoms with Crippen molar-refractivity contribution in [3.8, 4) is 0 Å². The lowest BCUT2D eigenvalue weighted by molar-refractivity contribution is 0.103. The molecular formula is C11H8FNOS. The van der Waals surface area contributed by atoms with E-state index in [1.165, 1.54) is 23.7 Å². The molecule has 1 heterocycles. The molecule has 0 amide bonds. The minimum absolute atomic E-state index is 0.0842. The molecule has 76 valence electrons. The normalized spacial score (nSPS) is 10.3. The Labute approximate surface area is 90.5 Å². The van der Waals surface area contributed by atoms with E-state index in [1.807, 2.05) is 6.92 Å². The summed E-state index contributed by atoms with van der Waals surface area (Å²) < 4.78 is 17.3. The van der Waals surface area contributed by atoms with Crippen LogP contribution < -0.4 is 0 Å². The van der Waals surface area contributed by atoms with Crippen molar-refractivity contribution in [1.29, 1.82) is 0 Å². The van der Waals surface area contributed by atoms with Gasteiger partial charge in [-0.3, -0.25) is 4.79 Å². The van der Waals surface area contributed by atoms with Crippen LogP contribution in [0.3, 0.4) is 0 Å². The van der Waals surface area contributed by atoms with Gasteiger partial charge in [0.25, 0.3) is 0 Å². The van der Waals surface area contributed by atoms with Crippen LogP contribution in [0, 0.1) is 12.7 Å². The molecule has 2 rings (SSSR count). The second kappa shape index (κ2) is 3.90. The fraction of sp³-hybridized carbons (Fsp3) is 0.0909. The van der Waals surface area contributed by atoms with Gasteiger partial charge in [-0.25, -0.2) is 4.39 Å². The molecule has 0 saturated carbocycles. The van der Waals surface area contributed by atoms with Crippen LogP contribution in [0.25, 0.3) is 0 Å². The highest BCUT2D eigenvalue weighted by Gasteiger charge is 2.15. The van der Waals surface area contributed by atoms with Crippen LogP contribution in [-0.2, 0) is 0 Å². The van der Waals surface area contributed by atoms with E-state index in [-0.39, 0.29) is 11.3 Å². The Morgan fingerprint density at radius 2 is 2.20 bits per heavy atom. The first-order valence-electron chi connectivity index (χ1n) is 4.40. The molecule has 0 N–H and O–H groups in total. The third-order valence-electron chi connectivity index (χ3n) is 2.04. The van der Waals surface area contributed by atoms with Crippen LogP contribution >= 0.6 is 11.5 Å². The maximum atomic E-state index is 13.4. The maximum Gasteiger partial charge on any atom is 0.215 e. The SMILES string of the molecule is Cc1ccc(F)c(C(=O)c2ccsn2)c1. The average molecular weight is 221 g/mol. The van der Waals surface area contributed by atoms with Crippen LogP contribution in [0.5, 0.6) is 0 Å². The quantitative estimate of drug-likeness (QED) is 0.730. The molecule has 0 aliphatic heterocycles. The molecule has 0 atom stereocenters. The summed E-state index contributed by atoms with van der Waals surface area (Å²) in [7, 11) is 0. The minimum atomic E-state index is -0.501. The second-order valence-electron chi connectivity index (χ2n) is 3.20. The number of hydrogen-bond donors (Lipinski definition) is 0. The predicted molar refractivity (Wildman–Crippen MR) is 56.7 cm³/mol. The highest BCUT2D eigenvalue weighted by atomic mass is 32.1. The number of carbonyl (C=O) groups is 1. The predicted octanol–water partition coefficient (Wildman–Crippen LogP) is 2.82. The molecular weight excluding hydrogens is 213 g/mol. The van der Waals surface area contributed by atoms with Crippen LogP contribution in [-0.4, -0.2) is 10.2 Å². The largest absolute Gasteiger partial charge is 0.287 e. The number of halogens is 1. The zero-order chi connectivity index (χ0) is 10.8. The third kappa shape index (κ3) is 1.94. The first-order valence-corrected chi connectivity index (χ1v) is 5.23. The Morgan fingerprint density at radius 3 is 2.87 bits per heavy atom. The fourth-order valence-corrected chi connectivity index (χ4v) is 1.79. The van der Waals surface area contributed by atoms with Crippen molar-refractivity contribution in [3.63, 3.8) is 0 Å². The molecule has 15 heavy (non-hydrogen) atoms. The number of ketones is 1. The van der Waals surface area contributed by atoms with Gasteiger partial charge in [-0.1, -0.05) is 11.6 Å². The first kappa shape index (κ1) is 9.98. The number of benzene rings is 1. The molecule has 0 radical (unpaired) electrons. The van der Waals surface area contributed by atoms with Crippen LogP contribution in [0.2, 0.25) is 0 Å². The summed E-state index contributed by atoms with van der Waals surface area (Å²) in [5.74, 6) is -0.865. The van der Waals surface area contributed by atoms with Crippen molar-refractivity contribution in [2.75, 3.05) is 0 Å². The molecule has 0 fully saturated rings. The number of aryl methyl sites for hydroxylation is 1. The van der Waals surface area contributed by atoms with Gasteiger partial charge in [0, 0.05) is 5.38 Å². The van der Waals surface area contributed by atoms with Crippen molar-refractivity contribution in [1.82, 2.24) is 4.37 Å². The lowest BCUT2D eigenvalue weighted by Crippen LogP contribution is -2.04. The molecule has 1 aromatic heterocycles. The lowest BCUT2D eigenvalue weighted by Gasteiger charge is -2.01. The van der Waals surface area contributed by atoms with E-state index in [4.69, 9.17) is 0 Å². The topological polar surface area (TPSA) is 30.0 Å².